The first-order chi connectivity index (χ1) is 9.14. The highest BCUT2D eigenvalue weighted by Gasteiger charge is 2.41. The van der Waals surface area contributed by atoms with Crippen LogP contribution in [-0.2, 0) is 14.8 Å². The summed E-state index contributed by atoms with van der Waals surface area (Å²) in [5.74, 6) is 0. The lowest BCUT2D eigenvalue weighted by Gasteiger charge is -2.43. The second-order valence-corrected chi connectivity index (χ2v) is 8.08. The van der Waals surface area contributed by atoms with E-state index in [0.717, 1.165) is 11.1 Å². The number of hydrogen-bond acceptors (Lipinski definition) is 3. The van der Waals surface area contributed by atoms with Gasteiger partial charge in [0.15, 0.2) is 0 Å². The normalized spacial score (nSPS) is 23.8. The molecule has 1 heterocycles. The summed E-state index contributed by atoms with van der Waals surface area (Å²) in [6, 6.07) is 5.30. The van der Waals surface area contributed by atoms with E-state index in [2.05, 4.69) is 0 Å². The molecule has 20 heavy (non-hydrogen) atoms. The third-order valence-corrected chi connectivity index (χ3v) is 5.96. The molecule has 0 spiro atoms. The Bertz CT molecular complexity index is 608. The van der Waals surface area contributed by atoms with E-state index >= 15 is 0 Å². The number of benzene rings is 1. The van der Waals surface area contributed by atoms with Gasteiger partial charge in [0.1, 0.15) is 0 Å². The summed E-state index contributed by atoms with van der Waals surface area (Å²) in [7, 11) is -3.49. The SMILES string of the molecule is Cc1ccc(S(=O)(=O)N2CC(C)OCC2(C)C)cc1C. The van der Waals surface area contributed by atoms with E-state index in [9.17, 15) is 8.42 Å². The van der Waals surface area contributed by atoms with Gasteiger partial charge >= 0.3 is 0 Å². The summed E-state index contributed by atoms with van der Waals surface area (Å²) in [5, 5.41) is 0. The van der Waals surface area contributed by atoms with E-state index in [4.69, 9.17) is 4.74 Å². The Labute approximate surface area is 121 Å². The van der Waals surface area contributed by atoms with Gasteiger partial charge in [0.25, 0.3) is 0 Å². The van der Waals surface area contributed by atoms with Crippen LogP contribution in [0.2, 0.25) is 0 Å². The molecule has 1 atom stereocenters. The van der Waals surface area contributed by atoms with Crippen LogP contribution in [-0.4, -0.2) is 37.5 Å². The molecular weight excluding hydrogens is 274 g/mol. The Kier molecular flexibility index (Phi) is 3.97. The van der Waals surface area contributed by atoms with Crippen molar-refractivity contribution in [3.8, 4) is 0 Å². The average Bonchev–Trinajstić information content (AvgIpc) is 2.35. The van der Waals surface area contributed by atoms with Gasteiger partial charge < -0.3 is 4.74 Å². The largest absolute Gasteiger partial charge is 0.375 e. The summed E-state index contributed by atoms with van der Waals surface area (Å²) >= 11 is 0. The van der Waals surface area contributed by atoms with E-state index in [1.54, 1.807) is 16.4 Å². The Hall–Kier alpha value is -0.910. The van der Waals surface area contributed by atoms with Crippen LogP contribution in [0.1, 0.15) is 31.9 Å². The van der Waals surface area contributed by atoms with Crippen LogP contribution in [0.3, 0.4) is 0 Å². The smallest absolute Gasteiger partial charge is 0.243 e. The van der Waals surface area contributed by atoms with Gasteiger partial charge in [-0.15, -0.1) is 0 Å². The molecule has 1 aliphatic heterocycles. The standard InChI is InChI=1S/C15H23NO3S/c1-11-6-7-14(8-12(11)2)20(17,18)16-9-13(3)19-10-15(16,4)5/h6-8,13H,9-10H2,1-5H3. The second kappa shape index (κ2) is 5.13. The van der Waals surface area contributed by atoms with E-state index in [0.29, 0.717) is 18.0 Å². The molecule has 0 aromatic heterocycles. The number of aryl methyl sites for hydroxylation is 2. The van der Waals surface area contributed by atoms with Crippen molar-refractivity contribution in [1.29, 1.82) is 0 Å². The molecule has 0 N–H and O–H groups in total. The molecule has 1 saturated heterocycles. The molecule has 1 aromatic carbocycles. The zero-order valence-electron chi connectivity index (χ0n) is 12.8. The maximum Gasteiger partial charge on any atom is 0.243 e. The zero-order chi connectivity index (χ0) is 15.1. The monoisotopic (exact) mass is 297 g/mol. The van der Waals surface area contributed by atoms with Gasteiger partial charge in [-0.1, -0.05) is 6.07 Å². The summed E-state index contributed by atoms with van der Waals surface area (Å²) < 4.78 is 32.9. The molecule has 1 unspecified atom stereocenters. The highest BCUT2D eigenvalue weighted by Crippen LogP contribution is 2.29. The first-order valence-corrected chi connectivity index (χ1v) is 8.30. The van der Waals surface area contributed by atoms with Crippen LogP contribution in [0, 0.1) is 13.8 Å². The maximum atomic E-state index is 12.9. The number of sulfonamides is 1. The van der Waals surface area contributed by atoms with Crippen LogP contribution >= 0.6 is 0 Å². The van der Waals surface area contributed by atoms with Crippen LogP contribution in [0.15, 0.2) is 23.1 Å². The minimum atomic E-state index is -3.49. The van der Waals surface area contributed by atoms with E-state index in [1.165, 1.54) is 0 Å². The minimum Gasteiger partial charge on any atom is -0.375 e. The molecule has 0 aliphatic carbocycles. The summed E-state index contributed by atoms with van der Waals surface area (Å²) in [6.07, 6.45) is -0.0793. The second-order valence-electron chi connectivity index (χ2n) is 6.22. The molecule has 1 aromatic rings. The van der Waals surface area contributed by atoms with Crippen LogP contribution in [0.25, 0.3) is 0 Å². The van der Waals surface area contributed by atoms with Gasteiger partial charge in [-0.25, -0.2) is 8.42 Å². The fourth-order valence-corrected chi connectivity index (χ4v) is 4.31. The van der Waals surface area contributed by atoms with Crippen molar-refractivity contribution >= 4 is 10.0 Å². The lowest BCUT2D eigenvalue weighted by atomic mass is 10.1. The highest BCUT2D eigenvalue weighted by molar-refractivity contribution is 7.89. The molecular formula is C15H23NO3S. The Balaban J connectivity index is 2.45. The maximum absolute atomic E-state index is 12.9. The highest BCUT2D eigenvalue weighted by atomic mass is 32.2. The Morgan fingerprint density at radius 1 is 1.25 bits per heavy atom. The van der Waals surface area contributed by atoms with Crippen molar-refractivity contribution in [3.05, 3.63) is 29.3 Å². The number of rotatable bonds is 2. The summed E-state index contributed by atoms with van der Waals surface area (Å²) in [6.45, 7) is 10.4. The summed E-state index contributed by atoms with van der Waals surface area (Å²) in [5.41, 5.74) is 1.56. The third kappa shape index (κ3) is 2.75. The molecule has 0 bridgehead atoms. The van der Waals surface area contributed by atoms with Crippen LogP contribution in [0.4, 0.5) is 0 Å². The molecule has 0 saturated carbocycles. The van der Waals surface area contributed by atoms with E-state index < -0.39 is 15.6 Å². The summed E-state index contributed by atoms with van der Waals surface area (Å²) in [4.78, 5) is 0.364. The quantitative estimate of drug-likeness (QED) is 0.842. The van der Waals surface area contributed by atoms with Crippen molar-refractivity contribution in [2.24, 2.45) is 0 Å². The molecule has 0 amide bonds. The lowest BCUT2D eigenvalue weighted by Crippen LogP contribution is -2.57. The third-order valence-electron chi connectivity index (χ3n) is 3.89. The molecule has 5 heteroatoms. The molecule has 1 fully saturated rings. The van der Waals surface area contributed by atoms with Crippen LogP contribution < -0.4 is 0 Å². The van der Waals surface area contributed by atoms with Crippen molar-refractivity contribution in [2.75, 3.05) is 13.2 Å². The van der Waals surface area contributed by atoms with Gasteiger partial charge in [0, 0.05) is 6.54 Å². The molecule has 112 valence electrons. The number of nitrogens with zero attached hydrogens (tertiary/aromatic N) is 1. The molecule has 4 nitrogen and oxygen atoms in total. The van der Waals surface area contributed by atoms with Crippen molar-refractivity contribution < 1.29 is 13.2 Å². The number of ether oxygens (including phenoxy) is 1. The van der Waals surface area contributed by atoms with Crippen molar-refractivity contribution in [2.45, 2.75) is 51.2 Å². The van der Waals surface area contributed by atoms with Crippen molar-refractivity contribution in [3.63, 3.8) is 0 Å². The zero-order valence-corrected chi connectivity index (χ0v) is 13.6. The van der Waals surface area contributed by atoms with Crippen LogP contribution in [0.5, 0.6) is 0 Å². The Morgan fingerprint density at radius 2 is 1.90 bits per heavy atom. The van der Waals surface area contributed by atoms with E-state index in [-0.39, 0.29) is 6.10 Å². The topological polar surface area (TPSA) is 46.6 Å². The molecule has 2 rings (SSSR count). The Morgan fingerprint density at radius 3 is 2.50 bits per heavy atom. The minimum absolute atomic E-state index is 0.0793. The van der Waals surface area contributed by atoms with E-state index in [1.807, 2.05) is 40.7 Å². The fraction of sp³-hybridized carbons (Fsp3) is 0.600. The predicted octanol–water partition coefficient (Wildman–Crippen LogP) is 2.49. The molecule has 0 radical (unpaired) electrons. The number of hydrogen-bond donors (Lipinski definition) is 0. The van der Waals surface area contributed by atoms with Gasteiger partial charge in [0.05, 0.1) is 23.1 Å². The fourth-order valence-electron chi connectivity index (χ4n) is 2.38. The lowest BCUT2D eigenvalue weighted by molar-refractivity contribution is -0.0551. The first-order valence-electron chi connectivity index (χ1n) is 6.86. The van der Waals surface area contributed by atoms with Gasteiger partial charge in [-0.2, -0.15) is 4.31 Å². The average molecular weight is 297 g/mol. The van der Waals surface area contributed by atoms with Gasteiger partial charge in [0.2, 0.25) is 10.0 Å². The van der Waals surface area contributed by atoms with Gasteiger partial charge in [-0.3, -0.25) is 0 Å². The van der Waals surface area contributed by atoms with Crippen molar-refractivity contribution in [1.82, 2.24) is 4.31 Å². The molecule has 1 aliphatic rings. The van der Waals surface area contributed by atoms with Gasteiger partial charge in [-0.05, 0) is 57.9 Å². The predicted molar refractivity (Wildman–Crippen MR) is 79.3 cm³/mol. The first kappa shape index (κ1) is 15.5. The number of morpholine rings is 1.